The van der Waals surface area contributed by atoms with E-state index in [0.29, 0.717) is 37.3 Å². The average molecular weight is 417 g/mol. The summed E-state index contributed by atoms with van der Waals surface area (Å²) >= 11 is 0. The Morgan fingerprint density at radius 2 is 1.94 bits per heavy atom. The van der Waals surface area contributed by atoms with Crippen LogP contribution in [0, 0.1) is 5.41 Å². The Kier molecular flexibility index (Phi) is 4.12. The van der Waals surface area contributed by atoms with E-state index < -0.39 is 0 Å². The molecular formula is C23H23N5O3. The fourth-order valence-corrected chi connectivity index (χ4v) is 4.11. The third-order valence-corrected chi connectivity index (χ3v) is 6.11. The first kappa shape index (κ1) is 18.5. The minimum atomic E-state index is -0.336. The second-order valence-corrected chi connectivity index (χ2v) is 8.66. The molecule has 1 saturated carbocycles. The summed E-state index contributed by atoms with van der Waals surface area (Å²) in [6.45, 7) is 1.54. The Labute approximate surface area is 178 Å². The number of nitrogens with two attached hydrogens (primary N) is 1. The van der Waals surface area contributed by atoms with Gasteiger partial charge < -0.3 is 20.3 Å². The molecule has 1 saturated heterocycles. The minimum absolute atomic E-state index is 0.0332. The van der Waals surface area contributed by atoms with Crippen LogP contribution >= 0.6 is 0 Å². The Morgan fingerprint density at radius 1 is 1.13 bits per heavy atom. The SMILES string of the molecule is Nc1ncnc2c1c(-c1ccc3cc(OC4CC4)ccc3c1)nn2CC1(CO)COC1. The molecule has 4 aromatic rings. The molecule has 3 heterocycles. The van der Waals surface area contributed by atoms with Gasteiger partial charge in [-0.25, -0.2) is 14.6 Å². The highest BCUT2D eigenvalue weighted by molar-refractivity contribution is 6.00. The zero-order valence-corrected chi connectivity index (χ0v) is 17.0. The highest BCUT2D eigenvalue weighted by Gasteiger charge is 2.39. The Hall–Kier alpha value is -3.23. The molecule has 1 aliphatic heterocycles. The average Bonchev–Trinajstić information content (AvgIpc) is 3.49. The zero-order valence-electron chi connectivity index (χ0n) is 17.0. The molecule has 0 spiro atoms. The standard InChI is InChI=1S/C23H23N5O3/c24-21-19-20(27-28(22(19)26-13-25-21)9-23(10-29)11-30-12-23)16-2-1-15-8-18(31-17-5-6-17)4-3-14(15)7-16/h1-4,7-8,13,17,29H,5-6,9-12H2,(H2,24,25,26). The number of hydrogen-bond donors (Lipinski definition) is 2. The third kappa shape index (κ3) is 3.19. The number of nitrogen functional groups attached to an aromatic ring is 1. The molecule has 0 atom stereocenters. The summed E-state index contributed by atoms with van der Waals surface area (Å²) in [7, 11) is 0. The number of benzene rings is 2. The second kappa shape index (κ2) is 6.90. The van der Waals surface area contributed by atoms with E-state index in [1.807, 2.05) is 16.8 Å². The van der Waals surface area contributed by atoms with Gasteiger partial charge in [0, 0.05) is 5.56 Å². The molecule has 2 fully saturated rings. The Morgan fingerprint density at radius 3 is 2.68 bits per heavy atom. The number of anilines is 1. The summed E-state index contributed by atoms with van der Waals surface area (Å²) in [5.74, 6) is 1.30. The van der Waals surface area contributed by atoms with Gasteiger partial charge in [0.1, 0.15) is 23.6 Å². The number of aromatic nitrogens is 4. The van der Waals surface area contributed by atoms with Crippen LogP contribution in [0.1, 0.15) is 12.8 Å². The van der Waals surface area contributed by atoms with Crippen LogP contribution in [-0.2, 0) is 11.3 Å². The van der Waals surface area contributed by atoms with E-state index in [2.05, 4.69) is 34.2 Å². The largest absolute Gasteiger partial charge is 0.490 e. The summed E-state index contributed by atoms with van der Waals surface area (Å²) < 4.78 is 13.1. The summed E-state index contributed by atoms with van der Waals surface area (Å²) in [6.07, 6.45) is 4.10. The molecule has 3 N–H and O–H groups in total. The van der Waals surface area contributed by atoms with Crippen LogP contribution in [-0.4, -0.2) is 50.8 Å². The molecule has 0 bridgehead atoms. The van der Waals surface area contributed by atoms with Crippen LogP contribution in [0.4, 0.5) is 5.82 Å². The van der Waals surface area contributed by atoms with Crippen molar-refractivity contribution in [3.63, 3.8) is 0 Å². The maximum atomic E-state index is 9.86. The van der Waals surface area contributed by atoms with Crippen LogP contribution in [0.2, 0.25) is 0 Å². The molecule has 8 heteroatoms. The van der Waals surface area contributed by atoms with Crippen molar-refractivity contribution in [2.24, 2.45) is 5.41 Å². The number of hydrogen-bond acceptors (Lipinski definition) is 7. The molecular weight excluding hydrogens is 394 g/mol. The molecule has 158 valence electrons. The van der Waals surface area contributed by atoms with Crippen LogP contribution in [0.3, 0.4) is 0 Å². The van der Waals surface area contributed by atoms with Gasteiger partial charge in [-0.1, -0.05) is 18.2 Å². The summed E-state index contributed by atoms with van der Waals surface area (Å²) in [5.41, 5.74) is 8.25. The van der Waals surface area contributed by atoms with Crippen molar-refractivity contribution in [1.82, 2.24) is 19.7 Å². The van der Waals surface area contributed by atoms with Crippen molar-refractivity contribution in [3.8, 4) is 17.0 Å². The summed E-state index contributed by atoms with van der Waals surface area (Å²) in [5, 5.41) is 17.6. The lowest BCUT2D eigenvalue weighted by molar-refractivity contribution is -0.145. The highest BCUT2D eigenvalue weighted by Crippen LogP contribution is 2.36. The molecule has 2 aromatic carbocycles. The predicted molar refractivity (Wildman–Crippen MR) is 117 cm³/mol. The number of nitrogens with zero attached hydrogens (tertiary/aromatic N) is 4. The van der Waals surface area contributed by atoms with Crippen LogP contribution < -0.4 is 10.5 Å². The third-order valence-electron chi connectivity index (χ3n) is 6.11. The highest BCUT2D eigenvalue weighted by atomic mass is 16.5. The quantitative estimate of drug-likeness (QED) is 0.497. The van der Waals surface area contributed by atoms with Gasteiger partial charge in [-0.2, -0.15) is 5.10 Å². The van der Waals surface area contributed by atoms with Gasteiger partial charge in [0.15, 0.2) is 5.65 Å². The van der Waals surface area contributed by atoms with Gasteiger partial charge in [0.25, 0.3) is 0 Å². The lowest BCUT2D eigenvalue weighted by atomic mass is 9.87. The van der Waals surface area contributed by atoms with Crippen molar-refractivity contribution in [2.75, 3.05) is 25.6 Å². The van der Waals surface area contributed by atoms with Crippen LogP contribution in [0.5, 0.6) is 5.75 Å². The molecule has 31 heavy (non-hydrogen) atoms. The molecule has 2 aromatic heterocycles. The van der Waals surface area contributed by atoms with E-state index in [4.69, 9.17) is 20.3 Å². The van der Waals surface area contributed by atoms with Crippen molar-refractivity contribution in [3.05, 3.63) is 42.7 Å². The van der Waals surface area contributed by atoms with E-state index in [-0.39, 0.29) is 12.0 Å². The Balaban J connectivity index is 1.43. The van der Waals surface area contributed by atoms with E-state index in [0.717, 1.165) is 46.0 Å². The number of aliphatic hydroxyl groups excluding tert-OH is 1. The monoisotopic (exact) mass is 417 g/mol. The van der Waals surface area contributed by atoms with Gasteiger partial charge >= 0.3 is 0 Å². The van der Waals surface area contributed by atoms with Gasteiger partial charge in [-0.05, 0) is 41.8 Å². The first-order valence-electron chi connectivity index (χ1n) is 10.5. The van der Waals surface area contributed by atoms with Crippen molar-refractivity contribution in [1.29, 1.82) is 0 Å². The van der Waals surface area contributed by atoms with Gasteiger partial charge in [-0.15, -0.1) is 0 Å². The fourth-order valence-electron chi connectivity index (χ4n) is 4.11. The first-order chi connectivity index (χ1) is 15.1. The molecule has 0 radical (unpaired) electrons. The van der Waals surface area contributed by atoms with Crippen LogP contribution in [0.25, 0.3) is 33.1 Å². The lowest BCUT2D eigenvalue weighted by Gasteiger charge is -2.39. The fraction of sp³-hybridized carbons (Fsp3) is 0.348. The van der Waals surface area contributed by atoms with Crippen molar-refractivity contribution in [2.45, 2.75) is 25.5 Å². The first-order valence-corrected chi connectivity index (χ1v) is 10.5. The predicted octanol–water partition coefficient (Wildman–Crippen LogP) is 2.78. The van der Waals surface area contributed by atoms with E-state index in [1.165, 1.54) is 6.33 Å². The molecule has 2 aliphatic rings. The molecule has 0 unspecified atom stereocenters. The zero-order chi connectivity index (χ0) is 21.0. The number of rotatable bonds is 6. The van der Waals surface area contributed by atoms with Gasteiger partial charge in [-0.3, -0.25) is 0 Å². The molecule has 6 rings (SSSR count). The maximum absolute atomic E-state index is 9.86. The van der Waals surface area contributed by atoms with E-state index in [9.17, 15) is 5.11 Å². The van der Waals surface area contributed by atoms with E-state index >= 15 is 0 Å². The topological polar surface area (TPSA) is 108 Å². The van der Waals surface area contributed by atoms with Gasteiger partial charge in [0.2, 0.25) is 0 Å². The van der Waals surface area contributed by atoms with Crippen molar-refractivity contribution >= 4 is 27.6 Å². The molecule has 0 amide bonds. The van der Waals surface area contributed by atoms with Gasteiger partial charge in [0.05, 0.1) is 43.3 Å². The number of aliphatic hydroxyl groups is 1. The van der Waals surface area contributed by atoms with Crippen molar-refractivity contribution < 1.29 is 14.6 Å². The normalized spacial score (nSPS) is 17.7. The van der Waals surface area contributed by atoms with Crippen LogP contribution in [0.15, 0.2) is 42.7 Å². The molecule has 1 aliphatic carbocycles. The second-order valence-electron chi connectivity index (χ2n) is 8.66. The number of fused-ring (bicyclic) bond motifs is 2. The lowest BCUT2D eigenvalue weighted by Crippen LogP contribution is -2.48. The maximum Gasteiger partial charge on any atom is 0.163 e. The Bertz CT molecular complexity index is 1290. The summed E-state index contributed by atoms with van der Waals surface area (Å²) in [4.78, 5) is 8.63. The minimum Gasteiger partial charge on any atom is -0.490 e. The smallest absolute Gasteiger partial charge is 0.163 e. The van der Waals surface area contributed by atoms with E-state index in [1.54, 1.807) is 0 Å². The summed E-state index contributed by atoms with van der Waals surface area (Å²) in [6, 6.07) is 12.4. The number of ether oxygens (including phenoxy) is 2. The molecule has 8 nitrogen and oxygen atoms in total.